The molecule has 0 radical (unpaired) electrons. The molecule has 1 aliphatic rings. The Bertz CT molecular complexity index is 573. The lowest BCUT2D eigenvalue weighted by Crippen LogP contribution is -2.08. The summed E-state index contributed by atoms with van der Waals surface area (Å²) in [5.41, 5.74) is 6.99. The van der Waals surface area contributed by atoms with Crippen LogP contribution in [0.1, 0.15) is 17.9 Å². The number of methoxy groups -OCH3 is 1. The summed E-state index contributed by atoms with van der Waals surface area (Å²) in [7, 11) is 1.56. The highest BCUT2D eigenvalue weighted by Gasteiger charge is 2.38. The molecule has 0 bridgehead atoms. The Morgan fingerprint density at radius 3 is 2.79 bits per heavy atom. The molecule has 2 atom stereocenters. The molecule has 19 heavy (non-hydrogen) atoms. The monoisotopic (exact) mass is 256 g/mol. The van der Waals surface area contributed by atoms with E-state index in [-0.39, 0.29) is 5.95 Å². The highest BCUT2D eigenvalue weighted by molar-refractivity contribution is 5.46. The van der Waals surface area contributed by atoms with E-state index < -0.39 is 0 Å². The summed E-state index contributed by atoms with van der Waals surface area (Å²) in [4.78, 5) is 8.13. The van der Waals surface area contributed by atoms with Crippen LogP contribution >= 0.6 is 0 Å². The van der Waals surface area contributed by atoms with Gasteiger partial charge in [-0.05, 0) is 12.0 Å². The Balaban J connectivity index is 1.69. The second-order valence-electron chi connectivity index (χ2n) is 4.66. The van der Waals surface area contributed by atoms with Crippen LogP contribution in [-0.4, -0.2) is 23.1 Å². The molecule has 5 heteroatoms. The first-order valence-corrected chi connectivity index (χ1v) is 6.26. The van der Waals surface area contributed by atoms with E-state index in [1.807, 2.05) is 6.07 Å². The summed E-state index contributed by atoms with van der Waals surface area (Å²) >= 11 is 0. The molecular weight excluding hydrogens is 240 g/mol. The van der Waals surface area contributed by atoms with Gasteiger partial charge in [-0.2, -0.15) is 9.97 Å². The van der Waals surface area contributed by atoms with Crippen molar-refractivity contribution in [3.8, 4) is 5.88 Å². The number of benzene rings is 1. The fourth-order valence-electron chi connectivity index (χ4n) is 2.23. The van der Waals surface area contributed by atoms with E-state index in [0.29, 0.717) is 23.7 Å². The average molecular weight is 256 g/mol. The number of rotatable bonds is 4. The lowest BCUT2D eigenvalue weighted by Gasteiger charge is -2.07. The molecule has 1 aliphatic carbocycles. The first-order valence-electron chi connectivity index (χ1n) is 6.26. The van der Waals surface area contributed by atoms with Crippen LogP contribution in [0.25, 0.3) is 0 Å². The molecular formula is C14H16N4O. The zero-order chi connectivity index (χ0) is 13.2. The number of hydrogen-bond acceptors (Lipinski definition) is 5. The minimum atomic E-state index is 0.221. The summed E-state index contributed by atoms with van der Waals surface area (Å²) < 4.78 is 5.08. The van der Waals surface area contributed by atoms with E-state index >= 15 is 0 Å². The van der Waals surface area contributed by atoms with Crippen molar-refractivity contribution in [3.05, 3.63) is 42.0 Å². The van der Waals surface area contributed by atoms with Crippen molar-refractivity contribution in [2.45, 2.75) is 18.4 Å². The van der Waals surface area contributed by atoms with Gasteiger partial charge < -0.3 is 15.8 Å². The van der Waals surface area contributed by atoms with Crippen LogP contribution in [0.5, 0.6) is 5.88 Å². The minimum Gasteiger partial charge on any atom is -0.481 e. The van der Waals surface area contributed by atoms with E-state index in [9.17, 15) is 0 Å². The van der Waals surface area contributed by atoms with Gasteiger partial charge in [0.1, 0.15) is 5.82 Å². The molecule has 98 valence electrons. The predicted molar refractivity (Wildman–Crippen MR) is 74.2 cm³/mol. The van der Waals surface area contributed by atoms with Crippen molar-refractivity contribution >= 4 is 11.8 Å². The third-order valence-electron chi connectivity index (χ3n) is 3.28. The fourth-order valence-corrected chi connectivity index (χ4v) is 2.23. The Hall–Kier alpha value is -2.30. The topological polar surface area (TPSA) is 73.1 Å². The maximum absolute atomic E-state index is 5.63. The molecule has 0 saturated heterocycles. The van der Waals surface area contributed by atoms with Gasteiger partial charge in [-0.25, -0.2) is 0 Å². The van der Waals surface area contributed by atoms with Gasteiger partial charge in [0, 0.05) is 18.0 Å². The summed E-state index contributed by atoms with van der Waals surface area (Å²) in [6.07, 6.45) is 1.11. The molecule has 3 N–H and O–H groups in total. The van der Waals surface area contributed by atoms with Crippen LogP contribution in [0.2, 0.25) is 0 Å². The van der Waals surface area contributed by atoms with Gasteiger partial charge in [0.05, 0.1) is 7.11 Å². The number of nitrogen functional groups attached to an aromatic ring is 1. The van der Waals surface area contributed by atoms with E-state index in [4.69, 9.17) is 10.5 Å². The normalized spacial score (nSPS) is 20.9. The second-order valence-corrected chi connectivity index (χ2v) is 4.66. The number of nitrogens with two attached hydrogens (primary N) is 1. The first kappa shape index (κ1) is 11.8. The number of hydrogen-bond donors (Lipinski definition) is 2. The molecule has 0 aliphatic heterocycles. The van der Waals surface area contributed by atoms with Gasteiger partial charge in [-0.3, -0.25) is 0 Å². The lowest BCUT2D eigenvalue weighted by atomic mass is 10.1. The van der Waals surface area contributed by atoms with Crippen LogP contribution in [-0.2, 0) is 0 Å². The van der Waals surface area contributed by atoms with E-state index in [1.54, 1.807) is 13.2 Å². The molecule has 0 spiro atoms. The summed E-state index contributed by atoms with van der Waals surface area (Å²) in [5, 5.41) is 3.37. The van der Waals surface area contributed by atoms with Crippen molar-refractivity contribution in [2.24, 2.45) is 0 Å². The van der Waals surface area contributed by atoms with Gasteiger partial charge >= 0.3 is 0 Å². The van der Waals surface area contributed by atoms with Crippen molar-refractivity contribution in [2.75, 3.05) is 18.2 Å². The third kappa shape index (κ3) is 2.59. The van der Waals surface area contributed by atoms with Gasteiger partial charge in [0.2, 0.25) is 11.8 Å². The van der Waals surface area contributed by atoms with Crippen molar-refractivity contribution < 1.29 is 4.74 Å². The average Bonchev–Trinajstić information content (AvgIpc) is 3.18. The van der Waals surface area contributed by atoms with E-state index in [0.717, 1.165) is 6.42 Å². The molecule has 0 amide bonds. The van der Waals surface area contributed by atoms with E-state index in [1.165, 1.54) is 5.56 Å². The van der Waals surface area contributed by atoms with Crippen molar-refractivity contribution in [1.29, 1.82) is 0 Å². The van der Waals surface area contributed by atoms with Gasteiger partial charge in [0.25, 0.3) is 0 Å². The number of ether oxygens (including phenoxy) is 1. The smallest absolute Gasteiger partial charge is 0.225 e. The largest absolute Gasteiger partial charge is 0.481 e. The zero-order valence-electron chi connectivity index (χ0n) is 10.7. The highest BCUT2D eigenvalue weighted by atomic mass is 16.5. The number of nitrogens with zero attached hydrogens (tertiary/aromatic N) is 2. The molecule has 3 rings (SSSR count). The maximum Gasteiger partial charge on any atom is 0.225 e. The molecule has 1 aromatic heterocycles. The molecule has 2 unspecified atom stereocenters. The quantitative estimate of drug-likeness (QED) is 0.875. The van der Waals surface area contributed by atoms with Crippen molar-refractivity contribution in [1.82, 2.24) is 9.97 Å². The lowest BCUT2D eigenvalue weighted by molar-refractivity contribution is 0.398. The Morgan fingerprint density at radius 1 is 1.26 bits per heavy atom. The SMILES string of the molecule is COc1cc(NC2CC2c2ccccc2)nc(N)n1. The van der Waals surface area contributed by atoms with Crippen LogP contribution < -0.4 is 15.8 Å². The van der Waals surface area contributed by atoms with Gasteiger partial charge in [-0.15, -0.1) is 0 Å². The second kappa shape index (κ2) is 4.76. The van der Waals surface area contributed by atoms with Crippen LogP contribution in [0.4, 0.5) is 11.8 Å². The van der Waals surface area contributed by atoms with Gasteiger partial charge in [-0.1, -0.05) is 30.3 Å². The Kier molecular flexibility index (Phi) is 2.95. The highest BCUT2D eigenvalue weighted by Crippen LogP contribution is 2.42. The molecule has 1 aromatic carbocycles. The minimum absolute atomic E-state index is 0.221. The van der Waals surface area contributed by atoms with Crippen LogP contribution in [0.3, 0.4) is 0 Å². The standard InChI is InChI=1S/C14H16N4O/c1-19-13-8-12(17-14(15)18-13)16-11-7-10(11)9-5-3-2-4-6-9/h2-6,8,10-11H,7H2,1H3,(H3,15,16,17,18). The third-order valence-corrected chi connectivity index (χ3v) is 3.28. The first-order chi connectivity index (χ1) is 9.26. The zero-order valence-corrected chi connectivity index (χ0v) is 10.7. The Labute approximate surface area is 111 Å². The number of anilines is 2. The van der Waals surface area contributed by atoms with Crippen LogP contribution in [0, 0.1) is 0 Å². The molecule has 1 saturated carbocycles. The van der Waals surface area contributed by atoms with E-state index in [2.05, 4.69) is 39.6 Å². The summed E-state index contributed by atoms with van der Waals surface area (Å²) in [6.45, 7) is 0. The predicted octanol–water partition coefficient (Wildman–Crippen LogP) is 2.04. The molecule has 2 aromatic rings. The molecule has 1 heterocycles. The maximum atomic E-state index is 5.63. The summed E-state index contributed by atoms with van der Waals surface area (Å²) in [6, 6.07) is 12.6. The Morgan fingerprint density at radius 2 is 2.05 bits per heavy atom. The summed E-state index contributed by atoms with van der Waals surface area (Å²) in [5.74, 6) is 1.96. The number of nitrogens with one attached hydrogen (secondary N) is 1. The molecule has 5 nitrogen and oxygen atoms in total. The fraction of sp³-hybridized carbons (Fsp3) is 0.286. The number of aromatic nitrogens is 2. The van der Waals surface area contributed by atoms with Crippen LogP contribution in [0.15, 0.2) is 36.4 Å². The van der Waals surface area contributed by atoms with Gasteiger partial charge in [0.15, 0.2) is 0 Å². The molecule has 1 fully saturated rings. The van der Waals surface area contributed by atoms with Crippen molar-refractivity contribution in [3.63, 3.8) is 0 Å².